The van der Waals surface area contributed by atoms with Gasteiger partial charge in [-0.1, -0.05) is 32.6 Å². The summed E-state index contributed by atoms with van der Waals surface area (Å²) in [5, 5.41) is 4.96. The molecule has 3 heterocycles. The smallest absolute Gasteiger partial charge is 0.410 e. The molecule has 0 saturated heterocycles. The lowest BCUT2D eigenvalue weighted by atomic mass is 9.92. The molecule has 0 unspecified atom stereocenters. The van der Waals surface area contributed by atoms with Gasteiger partial charge in [0.2, 0.25) is 5.91 Å². The maximum absolute atomic E-state index is 13.1. The van der Waals surface area contributed by atoms with E-state index in [1.165, 1.54) is 11.6 Å². The van der Waals surface area contributed by atoms with Crippen LogP contribution in [0.4, 0.5) is 4.79 Å². The Balaban J connectivity index is 1.79. The molecule has 0 spiro atoms. The van der Waals surface area contributed by atoms with Crippen molar-refractivity contribution in [2.45, 2.75) is 72.1 Å². The molecule has 2 aliphatic rings. The first-order valence-corrected chi connectivity index (χ1v) is 11.6. The molecule has 0 aliphatic carbocycles. The number of ether oxygens (including phenoxy) is 1. The van der Waals surface area contributed by atoms with Gasteiger partial charge < -0.3 is 9.64 Å². The first kappa shape index (κ1) is 23.1. The molecule has 1 aromatic heterocycles. The van der Waals surface area contributed by atoms with Gasteiger partial charge in [0.25, 0.3) is 0 Å². The monoisotopic (exact) mass is 450 g/mol. The van der Waals surface area contributed by atoms with Gasteiger partial charge in [0.1, 0.15) is 5.60 Å². The van der Waals surface area contributed by atoms with Crippen molar-refractivity contribution in [3.63, 3.8) is 0 Å². The maximum atomic E-state index is 13.1. The van der Waals surface area contributed by atoms with Crippen molar-refractivity contribution in [1.82, 2.24) is 19.6 Å². The number of rotatable bonds is 3. The molecule has 0 saturated carbocycles. The summed E-state index contributed by atoms with van der Waals surface area (Å²) >= 11 is 0. The standard InChI is InChI=1S/C26H34N4O3/c1-8-23(31)28-14-19-24-21(11-12-29(22(24)15-28)25(32)33-26(5,6)7)30(27-19)20-10-9-18(16(2)3)13-17(20)4/h8-10,13,16,22H,1,11-12,14-15H2,2-7H3/t22-/m0/s1. The van der Waals surface area contributed by atoms with Crippen LogP contribution in [0.25, 0.3) is 5.69 Å². The van der Waals surface area contributed by atoms with Gasteiger partial charge in [-0.2, -0.15) is 5.10 Å². The fraction of sp³-hybridized carbons (Fsp3) is 0.500. The molecular formula is C26H34N4O3. The SMILES string of the molecule is C=CC(=O)N1Cc2nn(-c3ccc(C(C)C)cc3C)c3c2[C@H](C1)N(C(=O)OC(C)(C)C)CC3. The normalized spacial score (nSPS) is 17.7. The van der Waals surface area contributed by atoms with Gasteiger partial charge in [-0.15, -0.1) is 0 Å². The zero-order chi connectivity index (χ0) is 24.1. The quantitative estimate of drug-likeness (QED) is 0.638. The number of aromatic nitrogens is 2. The number of carbonyl (C=O) groups is 2. The molecule has 7 heteroatoms. The lowest BCUT2D eigenvalue weighted by molar-refractivity contribution is -0.128. The first-order valence-electron chi connectivity index (χ1n) is 11.6. The Morgan fingerprint density at radius 1 is 1.27 bits per heavy atom. The number of amides is 2. The second kappa shape index (κ2) is 8.36. The minimum atomic E-state index is -0.592. The Hall–Kier alpha value is -3.09. The summed E-state index contributed by atoms with van der Waals surface area (Å²) in [5.41, 5.74) is 5.88. The van der Waals surface area contributed by atoms with Gasteiger partial charge in [0, 0.05) is 25.1 Å². The molecule has 0 N–H and O–H groups in total. The van der Waals surface area contributed by atoms with E-state index >= 15 is 0 Å². The van der Waals surface area contributed by atoms with E-state index in [0.29, 0.717) is 32.0 Å². The van der Waals surface area contributed by atoms with Gasteiger partial charge in [0.05, 0.1) is 29.7 Å². The molecule has 176 valence electrons. The van der Waals surface area contributed by atoms with Crippen molar-refractivity contribution in [2.24, 2.45) is 0 Å². The van der Waals surface area contributed by atoms with Gasteiger partial charge in [-0.25, -0.2) is 9.48 Å². The zero-order valence-electron chi connectivity index (χ0n) is 20.5. The average molecular weight is 451 g/mol. The van der Waals surface area contributed by atoms with E-state index in [1.807, 2.05) is 25.5 Å². The second-order valence-corrected chi connectivity index (χ2v) is 10.3. The van der Waals surface area contributed by atoms with Crippen LogP contribution in [0.1, 0.15) is 74.7 Å². The van der Waals surface area contributed by atoms with Crippen molar-refractivity contribution >= 4 is 12.0 Å². The molecule has 7 nitrogen and oxygen atoms in total. The van der Waals surface area contributed by atoms with E-state index in [0.717, 1.165) is 28.2 Å². The Morgan fingerprint density at radius 2 is 2.00 bits per heavy atom. The number of nitrogens with zero attached hydrogens (tertiary/aromatic N) is 4. The molecule has 33 heavy (non-hydrogen) atoms. The summed E-state index contributed by atoms with van der Waals surface area (Å²) in [6.07, 6.45) is 1.64. The molecular weight excluding hydrogens is 416 g/mol. The zero-order valence-corrected chi connectivity index (χ0v) is 20.5. The Bertz CT molecular complexity index is 1110. The third-order valence-corrected chi connectivity index (χ3v) is 6.36. The number of benzene rings is 1. The van der Waals surface area contributed by atoms with Gasteiger partial charge in [-0.05, 0) is 56.9 Å². The minimum absolute atomic E-state index is 0.163. The molecule has 2 aliphatic heterocycles. The highest BCUT2D eigenvalue weighted by atomic mass is 16.6. The number of aryl methyl sites for hydroxylation is 1. The lowest BCUT2D eigenvalue weighted by Gasteiger charge is -2.41. The van der Waals surface area contributed by atoms with E-state index in [-0.39, 0.29) is 18.0 Å². The van der Waals surface area contributed by atoms with Crippen LogP contribution in [-0.4, -0.2) is 50.3 Å². The molecule has 0 fully saturated rings. The molecule has 0 bridgehead atoms. The predicted octanol–water partition coefficient (Wildman–Crippen LogP) is 4.67. The second-order valence-electron chi connectivity index (χ2n) is 10.3. The number of hydrogen-bond acceptors (Lipinski definition) is 4. The summed E-state index contributed by atoms with van der Waals surface area (Å²) < 4.78 is 7.71. The molecule has 4 rings (SSSR count). The van der Waals surface area contributed by atoms with Crippen LogP contribution in [0, 0.1) is 6.92 Å². The highest BCUT2D eigenvalue weighted by molar-refractivity contribution is 5.87. The van der Waals surface area contributed by atoms with Crippen LogP contribution in [-0.2, 0) is 22.5 Å². The molecule has 2 amide bonds. The van der Waals surface area contributed by atoms with Crippen molar-refractivity contribution in [1.29, 1.82) is 0 Å². The lowest BCUT2D eigenvalue weighted by Crippen LogP contribution is -2.50. The minimum Gasteiger partial charge on any atom is -0.444 e. The largest absolute Gasteiger partial charge is 0.444 e. The Kier molecular flexibility index (Phi) is 5.85. The van der Waals surface area contributed by atoms with Gasteiger partial charge >= 0.3 is 6.09 Å². The molecule has 1 aromatic carbocycles. The third-order valence-electron chi connectivity index (χ3n) is 6.36. The number of hydrogen-bond donors (Lipinski definition) is 0. The van der Waals surface area contributed by atoms with Crippen LogP contribution in [0.15, 0.2) is 30.9 Å². The third kappa shape index (κ3) is 4.28. The highest BCUT2D eigenvalue weighted by Gasteiger charge is 2.42. The van der Waals surface area contributed by atoms with Gasteiger partial charge in [0.15, 0.2) is 0 Å². The Labute approximate surface area is 196 Å². The topological polar surface area (TPSA) is 67.7 Å². The van der Waals surface area contributed by atoms with Gasteiger partial charge in [-0.3, -0.25) is 9.69 Å². The van der Waals surface area contributed by atoms with E-state index in [2.05, 4.69) is 45.5 Å². The van der Waals surface area contributed by atoms with Crippen molar-refractivity contribution in [3.8, 4) is 5.69 Å². The predicted molar refractivity (Wildman–Crippen MR) is 127 cm³/mol. The highest BCUT2D eigenvalue weighted by Crippen LogP contribution is 2.39. The average Bonchev–Trinajstić information content (AvgIpc) is 3.11. The first-order chi connectivity index (χ1) is 15.5. The fourth-order valence-corrected chi connectivity index (χ4v) is 4.75. The summed E-state index contributed by atoms with van der Waals surface area (Å²) in [7, 11) is 0. The summed E-state index contributed by atoms with van der Waals surface area (Å²) in [6.45, 7) is 17.0. The van der Waals surface area contributed by atoms with Crippen LogP contribution < -0.4 is 0 Å². The van der Waals surface area contributed by atoms with Crippen molar-refractivity contribution in [2.75, 3.05) is 13.1 Å². The van der Waals surface area contributed by atoms with E-state index in [1.54, 1.807) is 9.80 Å². The van der Waals surface area contributed by atoms with Crippen LogP contribution in [0.3, 0.4) is 0 Å². The fourth-order valence-electron chi connectivity index (χ4n) is 4.75. The Morgan fingerprint density at radius 3 is 2.61 bits per heavy atom. The number of carbonyl (C=O) groups excluding carboxylic acids is 2. The summed E-state index contributed by atoms with van der Waals surface area (Å²) in [6, 6.07) is 6.21. The molecule has 2 aromatic rings. The molecule has 0 radical (unpaired) electrons. The van der Waals surface area contributed by atoms with Crippen LogP contribution in [0.2, 0.25) is 0 Å². The maximum Gasteiger partial charge on any atom is 0.410 e. The van der Waals surface area contributed by atoms with E-state index in [9.17, 15) is 9.59 Å². The van der Waals surface area contributed by atoms with Crippen LogP contribution >= 0.6 is 0 Å². The summed E-state index contributed by atoms with van der Waals surface area (Å²) in [5.74, 6) is 0.288. The van der Waals surface area contributed by atoms with E-state index < -0.39 is 5.60 Å². The van der Waals surface area contributed by atoms with E-state index in [4.69, 9.17) is 9.84 Å². The van der Waals surface area contributed by atoms with Crippen LogP contribution in [0.5, 0.6) is 0 Å². The summed E-state index contributed by atoms with van der Waals surface area (Å²) in [4.78, 5) is 29.0. The van der Waals surface area contributed by atoms with Crippen molar-refractivity contribution < 1.29 is 14.3 Å². The molecule has 1 atom stereocenters. The van der Waals surface area contributed by atoms with Crippen molar-refractivity contribution in [3.05, 3.63) is 58.9 Å².